The number of nitrogens with one attached hydrogen (secondary N) is 1. The molecule has 1 aromatic rings. The van der Waals surface area contributed by atoms with Gasteiger partial charge in [-0.25, -0.2) is 0 Å². The number of fused-ring (bicyclic) bond motifs is 5. The summed E-state index contributed by atoms with van der Waals surface area (Å²) in [5.74, 6) is -0.317. The summed E-state index contributed by atoms with van der Waals surface area (Å²) >= 11 is 0. The Labute approximate surface area is 134 Å². The molecule has 4 atom stereocenters. The van der Waals surface area contributed by atoms with E-state index in [1.165, 1.54) is 4.90 Å². The maximum Gasteiger partial charge on any atom is 0.233 e. The molecule has 2 fully saturated rings. The van der Waals surface area contributed by atoms with E-state index in [4.69, 9.17) is 0 Å². The van der Waals surface area contributed by atoms with Gasteiger partial charge in [0.05, 0.1) is 11.8 Å². The average Bonchev–Trinajstić information content (AvgIpc) is 3.22. The lowest BCUT2D eigenvalue weighted by molar-refractivity contribution is -0.140. The van der Waals surface area contributed by atoms with Crippen LogP contribution >= 0.6 is 0 Å². The highest BCUT2D eigenvalue weighted by molar-refractivity contribution is 6.06. The third-order valence-electron chi connectivity index (χ3n) is 5.18. The Morgan fingerprint density at radius 1 is 1.04 bits per heavy atom. The first-order chi connectivity index (χ1) is 11.1. The first-order valence-corrected chi connectivity index (χ1v) is 8.03. The molecule has 23 heavy (non-hydrogen) atoms. The number of para-hydroxylation sites is 1. The van der Waals surface area contributed by atoms with Crippen LogP contribution in [-0.2, 0) is 14.4 Å². The zero-order valence-electron chi connectivity index (χ0n) is 12.6. The first kappa shape index (κ1) is 14.2. The predicted octanol–water partition coefficient (Wildman–Crippen LogP) is 1.82. The summed E-state index contributed by atoms with van der Waals surface area (Å²) in [5.41, 5.74) is 0.718. The molecule has 1 saturated heterocycles. The molecule has 4 rings (SSSR count). The van der Waals surface area contributed by atoms with Crippen molar-refractivity contribution in [1.82, 2.24) is 4.90 Å². The van der Waals surface area contributed by atoms with E-state index in [0.29, 0.717) is 0 Å². The SMILES string of the molecule is O=C(CCN1C(=O)[C@@H]2[C@H](C1=O)[C@@H]1C=C[C@H]2C1)Nc1ccccc1. The van der Waals surface area contributed by atoms with E-state index in [1.54, 1.807) is 12.1 Å². The molecule has 5 heteroatoms. The first-order valence-electron chi connectivity index (χ1n) is 8.03. The molecule has 118 valence electrons. The third kappa shape index (κ3) is 2.27. The molecule has 1 saturated carbocycles. The van der Waals surface area contributed by atoms with Crippen LogP contribution in [0.5, 0.6) is 0 Å². The van der Waals surface area contributed by atoms with Crippen molar-refractivity contribution in [2.75, 3.05) is 11.9 Å². The van der Waals surface area contributed by atoms with Crippen LogP contribution in [0.15, 0.2) is 42.5 Å². The van der Waals surface area contributed by atoms with E-state index in [2.05, 4.69) is 17.5 Å². The third-order valence-corrected chi connectivity index (χ3v) is 5.18. The summed E-state index contributed by atoms with van der Waals surface area (Å²) in [4.78, 5) is 38.3. The van der Waals surface area contributed by atoms with Crippen molar-refractivity contribution in [2.45, 2.75) is 12.8 Å². The molecule has 0 radical (unpaired) electrons. The van der Waals surface area contributed by atoms with Gasteiger partial charge in [-0.15, -0.1) is 0 Å². The lowest BCUT2D eigenvalue weighted by Crippen LogP contribution is -2.35. The summed E-state index contributed by atoms with van der Waals surface area (Å²) in [6.45, 7) is 0.169. The zero-order valence-corrected chi connectivity index (χ0v) is 12.6. The summed E-state index contributed by atoms with van der Waals surface area (Å²) in [7, 11) is 0. The summed E-state index contributed by atoms with van der Waals surface area (Å²) in [5, 5.41) is 2.78. The minimum absolute atomic E-state index is 0.0932. The fraction of sp³-hybridized carbons (Fsp3) is 0.389. The van der Waals surface area contributed by atoms with Gasteiger partial charge in [-0.05, 0) is 30.4 Å². The molecule has 1 aliphatic heterocycles. The second kappa shape index (κ2) is 5.33. The number of anilines is 1. The molecule has 1 aromatic carbocycles. The van der Waals surface area contributed by atoms with E-state index < -0.39 is 0 Å². The molecule has 0 spiro atoms. The Morgan fingerprint density at radius 3 is 2.26 bits per heavy atom. The van der Waals surface area contributed by atoms with E-state index >= 15 is 0 Å². The number of hydrogen-bond donors (Lipinski definition) is 1. The molecule has 1 N–H and O–H groups in total. The molecule has 0 unspecified atom stereocenters. The Morgan fingerprint density at radius 2 is 1.65 bits per heavy atom. The molecule has 3 aliphatic rings. The van der Waals surface area contributed by atoms with Gasteiger partial charge in [-0.3, -0.25) is 19.3 Å². The monoisotopic (exact) mass is 310 g/mol. The Kier molecular flexibility index (Phi) is 3.29. The number of rotatable bonds is 4. The maximum atomic E-state index is 12.5. The topological polar surface area (TPSA) is 66.5 Å². The molecule has 3 amide bonds. The number of amides is 3. The molecule has 2 aliphatic carbocycles. The Hall–Kier alpha value is -2.43. The van der Waals surface area contributed by atoms with Gasteiger partial charge in [-0.1, -0.05) is 30.4 Å². The van der Waals surface area contributed by atoms with E-state index in [0.717, 1.165) is 12.1 Å². The standard InChI is InChI=1S/C18H18N2O3/c21-14(19-13-4-2-1-3-5-13)8-9-20-17(22)15-11-6-7-12(10-11)16(15)18(20)23/h1-7,11-12,15-16H,8-10H2,(H,19,21)/t11-,12+,15-,16+. The van der Waals surface area contributed by atoms with E-state index in [1.807, 2.05) is 18.2 Å². The fourth-order valence-corrected chi connectivity index (χ4v) is 4.14. The highest BCUT2D eigenvalue weighted by Crippen LogP contribution is 2.52. The number of benzene rings is 1. The van der Waals surface area contributed by atoms with E-state index in [9.17, 15) is 14.4 Å². The minimum atomic E-state index is -0.185. The Balaban J connectivity index is 1.38. The van der Waals surface area contributed by atoms with Crippen molar-refractivity contribution in [1.29, 1.82) is 0 Å². The van der Waals surface area contributed by atoms with Crippen LogP contribution in [0.2, 0.25) is 0 Å². The van der Waals surface area contributed by atoms with Crippen LogP contribution < -0.4 is 5.32 Å². The molecule has 2 bridgehead atoms. The fourth-order valence-electron chi connectivity index (χ4n) is 4.14. The smallest absolute Gasteiger partial charge is 0.233 e. The van der Waals surface area contributed by atoms with Crippen LogP contribution in [0.25, 0.3) is 0 Å². The number of nitrogens with zero attached hydrogens (tertiary/aromatic N) is 1. The van der Waals surface area contributed by atoms with Crippen molar-refractivity contribution < 1.29 is 14.4 Å². The number of carbonyl (C=O) groups is 3. The maximum absolute atomic E-state index is 12.5. The normalized spacial score (nSPS) is 30.9. The number of allylic oxidation sites excluding steroid dienone is 2. The molecule has 1 heterocycles. The van der Waals surface area contributed by atoms with Crippen molar-refractivity contribution >= 4 is 23.4 Å². The predicted molar refractivity (Wildman–Crippen MR) is 84.1 cm³/mol. The molecule has 5 nitrogen and oxygen atoms in total. The highest BCUT2D eigenvalue weighted by atomic mass is 16.2. The largest absolute Gasteiger partial charge is 0.326 e. The lowest BCUT2D eigenvalue weighted by Gasteiger charge is -2.16. The van der Waals surface area contributed by atoms with Gasteiger partial charge in [-0.2, -0.15) is 0 Å². The summed E-state index contributed by atoms with van der Waals surface area (Å²) < 4.78 is 0. The Bertz CT molecular complexity index is 667. The molecular formula is C18H18N2O3. The van der Waals surface area contributed by atoms with Gasteiger partial charge in [0, 0.05) is 18.7 Å². The summed E-state index contributed by atoms with van der Waals surface area (Å²) in [6.07, 6.45) is 5.20. The van der Waals surface area contributed by atoms with Crippen LogP contribution in [0.1, 0.15) is 12.8 Å². The van der Waals surface area contributed by atoms with Gasteiger partial charge in [0.1, 0.15) is 0 Å². The van der Waals surface area contributed by atoms with Crippen molar-refractivity contribution in [3.63, 3.8) is 0 Å². The van der Waals surface area contributed by atoms with E-state index in [-0.39, 0.29) is 54.4 Å². The van der Waals surface area contributed by atoms with Gasteiger partial charge in [0.15, 0.2) is 0 Å². The number of carbonyl (C=O) groups excluding carboxylic acids is 3. The van der Waals surface area contributed by atoms with Gasteiger partial charge < -0.3 is 5.32 Å². The lowest BCUT2D eigenvalue weighted by atomic mass is 9.85. The number of imide groups is 1. The van der Waals surface area contributed by atoms with Crippen molar-refractivity contribution in [3.8, 4) is 0 Å². The van der Waals surface area contributed by atoms with Crippen LogP contribution in [0.3, 0.4) is 0 Å². The quantitative estimate of drug-likeness (QED) is 0.681. The second-order valence-electron chi connectivity index (χ2n) is 6.49. The number of hydrogen-bond acceptors (Lipinski definition) is 3. The summed E-state index contributed by atoms with van der Waals surface area (Å²) in [6, 6.07) is 9.16. The number of likely N-dealkylation sites (tertiary alicyclic amines) is 1. The minimum Gasteiger partial charge on any atom is -0.326 e. The van der Waals surface area contributed by atoms with Crippen LogP contribution in [0.4, 0.5) is 5.69 Å². The second-order valence-corrected chi connectivity index (χ2v) is 6.49. The van der Waals surface area contributed by atoms with Crippen molar-refractivity contribution in [3.05, 3.63) is 42.5 Å². The zero-order chi connectivity index (χ0) is 16.0. The van der Waals surface area contributed by atoms with Crippen LogP contribution in [0, 0.1) is 23.7 Å². The van der Waals surface area contributed by atoms with Gasteiger partial charge in [0.25, 0.3) is 0 Å². The van der Waals surface area contributed by atoms with Gasteiger partial charge in [0.2, 0.25) is 17.7 Å². The average molecular weight is 310 g/mol. The van der Waals surface area contributed by atoms with Crippen molar-refractivity contribution in [2.24, 2.45) is 23.7 Å². The van der Waals surface area contributed by atoms with Crippen LogP contribution in [-0.4, -0.2) is 29.2 Å². The molecular weight excluding hydrogens is 292 g/mol. The highest BCUT2D eigenvalue weighted by Gasteiger charge is 2.58. The van der Waals surface area contributed by atoms with Gasteiger partial charge >= 0.3 is 0 Å². The molecule has 0 aromatic heterocycles.